The van der Waals surface area contributed by atoms with Crippen molar-refractivity contribution in [2.24, 2.45) is 4.99 Å². The average Bonchev–Trinajstić information content (AvgIpc) is 3.00. The molecule has 0 bridgehead atoms. The number of carbonyl (C=O) groups is 1. The number of rotatable bonds is 8. The molecule has 0 unspecified atom stereocenters. The molecule has 1 amide bonds. The zero-order valence-corrected chi connectivity index (χ0v) is 14.2. The van der Waals surface area contributed by atoms with E-state index < -0.39 is 11.9 Å². The van der Waals surface area contributed by atoms with Crippen LogP contribution in [0.3, 0.4) is 0 Å². The summed E-state index contributed by atoms with van der Waals surface area (Å²) in [7, 11) is 3.07. The summed E-state index contributed by atoms with van der Waals surface area (Å²) in [6.07, 6.45) is -4.10. The molecule has 0 aromatic carbocycles. The number of aromatic nitrogens is 1. The van der Waals surface area contributed by atoms with Crippen molar-refractivity contribution in [1.82, 2.24) is 20.9 Å². The molecule has 0 radical (unpaired) electrons. The molecule has 0 saturated carbocycles. The van der Waals surface area contributed by atoms with Gasteiger partial charge < -0.3 is 20.7 Å². The van der Waals surface area contributed by atoms with Gasteiger partial charge in [-0.05, 0) is 0 Å². The van der Waals surface area contributed by atoms with Crippen LogP contribution in [0.2, 0.25) is 0 Å². The van der Waals surface area contributed by atoms with Crippen LogP contribution in [0.4, 0.5) is 13.2 Å². The highest BCUT2D eigenvalue weighted by molar-refractivity contribution is 7.09. The topological polar surface area (TPSA) is 87.6 Å². The smallest absolute Gasteiger partial charge is 0.383 e. The van der Waals surface area contributed by atoms with Crippen LogP contribution in [0.1, 0.15) is 10.7 Å². The Morgan fingerprint density at radius 3 is 2.67 bits per heavy atom. The molecule has 0 atom stereocenters. The predicted octanol–water partition coefficient (Wildman–Crippen LogP) is 0.632. The van der Waals surface area contributed by atoms with Gasteiger partial charge in [0.15, 0.2) is 11.7 Å². The van der Waals surface area contributed by atoms with E-state index in [4.69, 9.17) is 4.74 Å². The quantitative estimate of drug-likeness (QED) is 0.356. The van der Waals surface area contributed by atoms with Crippen LogP contribution in [0.15, 0.2) is 10.4 Å². The second kappa shape index (κ2) is 10.1. The Bertz CT molecular complexity index is 548. The Balaban J connectivity index is 2.29. The third kappa shape index (κ3) is 7.59. The molecule has 1 heterocycles. The number of nitrogens with zero attached hydrogens (tertiary/aromatic N) is 2. The molecule has 0 spiro atoms. The number of methoxy groups -OCH3 is 1. The number of alkyl halides is 3. The van der Waals surface area contributed by atoms with Crippen molar-refractivity contribution in [1.29, 1.82) is 0 Å². The van der Waals surface area contributed by atoms with E-state index >= 15 is 0 Å². The van der Waals surface area contributed by atoms with Crippen LogP contribution in [0.25, 0.3) is 0 Å². The van der Waals surface area contributed by atoms with Gasteiger partial charge in [-0.1, -0.05) is 0 Å². The molecule has 0 aliphatic heterocycles. The first kappa shape index (κ1) is 20.2. The first-order valence-corrected chi connectivity index (χ1v) is 7.96. The van der Waals surface area contributed by atoms with Gasteiger partial charge in [0, 0.05) is 39.0 Å². The first-order chi connectivity index (χ1) is 11.4. The molecule has 24 heavy (non-hydrogen) atoms. The maximum atomic E-state index is 12.4. The molecule has 0 aliphatic carbocycles. The van der Waals surface area contributed by atoms with Gasteiger partial charge in [0.25, 0.3) is 0 Å². The molecule has 3 N–H and O–H groups in total. The van der Waals surface area contributed by atoms with Crippen LogP contribution in [0, 0.1) is 0 Å². The van der Waals surface area contributed by atoms with Crippen LogP contribution in [0.5, 0.6) is 0 Å². The zero-order valence-electron chi connectivity index (χ0n) is 13.4. The Kier molecular flexibility index (Phi) is 8.47. The second-order valence-electron chi connectivity index (χ2n) is 4.57. The van der Waals surface area contributed by atoms with Crippen LogP contribution in [-0.2, 0) is 22.1 Å². The van der Waals surface area contributed by atoms with Crippen molar-refractivity contribution in [3.8, 4) is 0 Å². The Hall–Kier alpha value is -1.88. The molecular weight excluding hydrogens is 347 g/mol. The third-order valence-corrected chi connectivity index (χ3v) is 3.65. The second-order valence-corrected chi connectivity index (χ2v) is 5.51. The van der Waals surface area contributed by atoms with E-state index in [9.17, 15) is 18.0 Å². The lowest BCUT2D eigenvalue weighted by Crippen LogP contribution is -2.44. The molecule has 7 nitrogen and oxygen atoms in total. The van der Waals surface area contributed by atoms with Gasteiger partial charge in [0.05, 0.1) is 18.2 Å². The van der Waals surface area contributed by atoms with Crippen molar-refractivity contribution in [2.45, 2.75) is 12.6 Å². The number of hydrogen-bond acceptors (Lipinski definition) is 5. The fraction of sp³-hybridized carbons (Fsp3) is 0.615. The summed E-state index contributed by atoms with van der Waals surface area (Å²) in [6.45, 7) is 1.20. The molecule has 0 aliphatic rings. The highest BCUT2D eigenvalue weighted by atomic mass is 32.1. The fourth-order valence-corrected chi connectivity index (χ4v) is 2.39. The minimum absolute atomic E-state index is 0.0266. The monoisotopic (exact) mass is 367 g/mol. The Labute approximate surface area is 141 Å². The van der Waals surface area contributed by atoms with Gasteiger partial charge in [-0.2, -0.15) is 13.2 Å². The minimum atomic E-state index is -4.42. The van der Waals surface area contributed by atoms with Crippen molar-refractivity contribution < 1.29 is 22.7 Å². The van der Waals surface area contributed by atoms with Gasteiger partial charge in [0.2, 0.25) is 5.91 Å². The van der Waals surface area contributed by atoms with E-state index in [2.05, 4.69) is 25.9 Å². The Morgan fingerprint density at radius 2 is 2.08 bits per heavy atom. The van der Waals surface area contributed by atoms with E-state index in [-0.39, 0.29) is 12.5 Å². The third-order valence-electron chi connectivity index (χ3n) is 2.74. The summed E-state index contributed by atoms with van der Waals surface area (Å²) in [5.41, 5.74) is -0.877. The SMILES string of the molecule is CN=C(NCCc1nc(C(F)(F)F)cs1)NCC(=O)NCCOC. The molecule has 1 aromatic heterocycles. The van der Waals surface area contributed by atoms with E-state index in [1.165, 1.54) is 14.2 Å². The summed E-state index contributed by atoms with van der Waals surface area (Å²) in [5, 5.41) is 9.72. The highest BCUT2D eigenvalue weighted by Crippen LogP contribution is 2.29. The summed E-state index contributed by atoms with van der Waals surface area (Å²) in [5.74, 6) is 0.161. The van der Waals surface area contributed by atoms with Gasteiger partial charge in [-0.3, -0.25) is 9.79 Å². The number of thiazole rings is 1. The largest absolute Gasteiger partial charge is 0.434 e. The fourth-order valence-electron chi connectivity index (χ4n) is 1.58. The first-order valence-electron chi connectivity index (χ1n) is 7.08. The summed E-state index contributed by atoms with van der Waals surface area (Å²) < 4.78 is 42.2. The van der Waals surface area contributed by atoms with E-state index in [1.54, 1.807) is 0 Å². The molecule has 0 saturated heterocycles. The number of carbonyl (C=O) groups excluding carboxylic acids is 1. The van der Waals surface area contributed by atoms with Gasteiger partial charge >= 0.3 is 6.18 Å². The number of nitrogens with one attached hydrogen (secondary N) is 3. The van der Waals surface area contributed by atoms with E-state index in [1.807, 2.05) is 0 Å². The van der Waals surface area contributed by atoms with Crippen molar-refractivity contribution >= 4 is 23.2 Å². The van der Waals surface area contributed by atoms with E-state index in [0.717, 1.165) is 16.7 Å². The molecule has 1 rings (SSSR count). The summed E-state index contributed by atoms with van der Waals surface area (Å²) in [4.78, 5) is 19.0. The standard InChI is InChI=1S/C13H20F3N5O2S/c1-17-12(20-7-10(22)18-5-6-23-2)19-4-3-11-21-9(8-24-11)13(14,15)16/h8H,3-7H2,1-2H3,(H,18,22)(H2,17,19,20). The molecule has 136 valence electrons. The minimum Gasteiger partial charge on any atom is -0.383 e. The van der Waals surface area contributed by atoms with E-state index in [0.29, 0.717) is 37.1 Å². The van der Waals surface area contributed by atoms with Gasteiger partial charge in [0.1, 0.15) is 0 Å². The molecular formula is C13H20F3N5O2S. The number of aliphatic imine (C=N–C) groups is 1. The zero-order chi connectivity index (χ0) is 18.0. The lowest BCUT2D eigenvalue weighted by atomic mass is 10.4. The maximum Gasteiger partial charge on any atom is 0.434 e. The lowest BCUT2D eigenvalue weighted by Gasteiger charge is -2.11. The van der Waals surface area contributed by atoms with Crippen molar-refractivity contribution in [3.63, 3.8) is 0 Å². The van der Waals surface area contributed by atoms with Crippen molar-refractivity contribution in [2.75, 3.05) is 40.4 Å². The number of ether oxygens (including phenoxy) is 1. The van der Waals surface area contributed by atoms with Gasteiger partial charge in [-0.15, -0.1) is 11.3 Å². The number of halogens is 3. The number of amides is 1. The average molecular weight is 367 g/mol. The highest BCUT2D eigenvalue weighted by Gasteiger charge is 2.33. The molecule has 1 aromatic rings. The molecule has 11 heteroatoms. The Morgan fingerprint density at radius 1 is 1.33 bits per heavy atom. The summed E-state index contributed by atoms with van der Waals surface area (Å²) >= 11 is 0.958. The van der Waals surface area contributed by atoms with Crippen LogP contribution >= 0.6 is 11.3 Å². The van der Waals surface area contributed by atoms with Crippen LogP contribution in [-0.4, -0.2) is 57.2 Å². The maximum absolute atomic E-state index is 12.4. The van der Waals surface area contributed by atoms with Gasteiger partial charge in [-0.25, -0.2) is 4.98 Å². The van der Waals surface area contributed by atoms with Crippen molar-refractivity contribution in [3.05, 3.63) is 16.1 Å². The van der Waals surface area contributed by atoms with Crippen LogP contribution < -0.4 is 16.0 Å². The summed E-state index contributed by atoms with van der Waals surface area (Å²) in [6, 6.07) is 0. The molecule has 0 fully saturated rings. The lowest BCUT2D eigenvalue weighted by molar-refractivity contribution is -0.140. The normalized spacial score (nSPS) is 12.1. The predicted molar refractivity (Wildman–Crippen MR) is 85.1 cm³/mol. The number of hydrogen-bond donors (Lipinski definition) is 3. The number of guanidine groups is 1.